The lowest BCUT2D eigenvalue weighted by Gasteiger charge is -2.08. The van der Waals surface area contributed by atoms with Gasteiger partial charge in [0, 0.05) is 29.9 Å². The number of aryl methyl sites for hydroxylation is 1. The molecule has 2 heterocycles. The third-order valence-electron chi connectivity index (χ3n) is 3.53. The largest absolute Gasteiger partial charge is 0.343 e. The van der Waals surface area contributed by atoms with Crippen molar-refractivity contribution < 1.29 is 4.39 Å². The summed E-state index contributed by atoms with van der Waals surface area (Å²) in [5, 5.41) is 0.918. The summed E-state index contributed by atoms with van der Waals surface area (Å²) in [6.45, 7) is 2.98. The molecular weight excluding hydrogens is 255 g/mol. The van der Waals surface area contributed by atoms with Gasteiger partial charge in [0.2, 0.25) is 0 Å². The highest BCUT2D eigenvalue weighted by Gasteiger charge is 2.09. The molecule has 102 valence electrons. The number of benzene rings is 1. The Hall–Kier alpha value is -2.36. The van der Waals surface area contributed by atoms with Crippen LogP contribution in [0.1, 0.15) is 12.5 Å². The lowest BCUT2D eigenvalue weighted by atomic mass is 10.2. The van der Waals surface area contributed by atoms with E-state index < -0.39 is 0 Å². The monoisotopic (exact) mass is 270 g/mol. The minimum absolute atomic E-state index is 0.0856. The van der Waals surface area contributed by atoms with Gasteiger partial charge >= 0.3 is 0 Å². The summed E-state index contributed by atoms with van der Waals surface area (Å²) in [5.74, 6) is -0.287. The van der Waals surface area contributed by atoms with Gasteiger partial charge in [-0.3, -0.25) is 4.79 Å². The summed E-state index contributed by atoms with van der Waals surface area (Å²) in [4.78, 5) is 12.5. The maximum Gasteiger partial charge on any atom is 0.275 e. The number of fused-ring (bicyclic) bond motifs is 1. The van der Waals surface area contributed by atoms with Crippen molar-refractivity contribution >= 4 is 10.9 Å². The van der Waals surface area contributed by atoms with Gasteiger partial charge in [-0.2, -0.15) is 0 Å². The van der Waals surface area contributed by atoms with E-state index in [0.717, 1.165) is 11.9 Å². The lowest BCUT2D eigenvalue weighted by Crippen LogP contribution is -2.22. The minimum Gasteiger partial charge on any atom is -0.343 e. The number of rotatable bonds is 3. The predicted molar refractivity (Wildman–Crippen MR) is 77.4 cm³/mol. The molecule has 0 amide bonds. The van der Waals surface area contributed by atoms with Crippen LogP contribution in [-0.2, 0) is 13.1 Å². The van der Waals surface area contributed by atoms with Crippen LogP contribution in [-0.4, -0.2) is 9.13 Å². The topological polar surface area (TPSA) is 26.9 Å². The smallest absolute Gasteiger partial charge is 0.275 e. The van der Waals surface area contributed by atoms with Gasteiger partial charge < -0.3 is 9.13 Å². The summed E-state index contributed by atoms with van der Waals surface area (Å²) >= 11 is 0. The van der Waals surface area contributed by atoms with Crippen molar-refractivity contribution in [3.05, 3.63) is 70.5 Å². The van der Waals surface area contributed by atoms with Crippen molar-refractivity contribution in [3.63, 3.8) is 0 Å². The zero-order chi connectivity index (χ0) is 14.1. The standard InChI is InChI=1S/C16H15FN2O/c1-2-18-9-7-12-8-10-19(16(20)15(12)18)11-13-5-3-4-6-14(13)17/h3-10H,2,11H2,1H3. The van der Waals surface area contributed by atoms with E-state index in [0.29, 0.717) is 11.1 Å². The molecule has 0 radical (unpaired) electrons. The van der Waals surface area contributed by atoms with Crippen molar-refractivity contribution in [1.82, 2.24) is 9.13 Å². The first kappa shape index (κ1) is 12.7. The van der Waals surface area contributed by atoms with Crippen molar-refractivity contribution in [3.8, 4) is 0 Å². The maximum atomic E-state index is 13.7. The molecule has 0 aliphatic carbocycles. The van der Waals surface area contributed by atoms with E-state index in [1.807, 2.05) is 29.8 Å². The highest BCUT2D eigenvalue weighted by atomic mass is 19.1. The van der Waals surface area contributed by atoms with Crippen LogP contribution in [0.4, 0.5) is 4.39 Å². The zero-order valence-electron chi connectivity index (χ0n) is 11.2. The quantitative estimate of drug-likeness (QED) is 0.718. The molecule has 0 atom stereocenters. The first-order chi connectivity index (χ1) is 9.70. The number of nitrogens with zero attached hydrogens (tertiary/aromatic N) is 2. The molecule has 1 aromatic carbocycles. The lowest BCUT2D eigenvalue weighted by molar-refractivity contribution is 0.596. The third-order valence-corrected chi connectivity index (χ3v) is 3.53. The predicted octanol–water partition coefficient (Wildman–Crippen LogP) is 3.01. The summed E-state index contributed by atoms with van der Waals surface area (Å²) in [6.07, 6.45) is 3.62. The maximum absolute atomic E-state index is 13.7. The number of aromatic nitrogens is 2. The molecule has 4 heteroatoms. The van der Waals surface area contributed by atoms with Gasteiger partial charge in [0.1, 0.15) is 11.3 Å². The summed E-state index contributed by atoms with van der Waals surface area (Å²) in [6, 6.07) is 10.3. The fourth-order valence-electron chi connectivity index (χ4n) is 2.44. The minimum atomic E-state index is -0.287. The van der Waals surface area contributed by atoms with Crippen LogP contribution in [0.25, 0.3) is 10.9 Å². The van der Waals surface area contributed by atoms with E-state index in [4.69, 9.17) is 0 Å². The Morgan fingerprint density at radius 3 is 2.45 bits per heavy atom. The number of hydrogen-bond donors (Lipinski definition) is 0. The third kappa shape index (κ3) is 2.03. The van der Waals surface area contributed by atoms with Gasteiger partial charge in [-0.15, -0.1) is 0 Å². The fourth-order valence-corrected chi connectivity index (χ4v) is 2.44. The summed E-state index contributed by atoms with van der Waals surface area (Å²) in [5.41, 5.74) is 1.10. The van der Waals surface area contributed by atoms with Crippen LogP contribution in [0.2, 0.25) is 0 Å². The summed E-state index contributed by atoms with van der Waals surface area (Å²) in [7, 11) is 0. The molecule has 0 spiro atoms. The SMILES string of the molecule is CCn1ccc2ccn(Cc3ccccc3F)c(=O)c21. The Labute approximate surface area is 115 Å². The highest BCUT2D eigenvalue weighted by Crippen LogP contribution is 2.13. The van der Waals surface area contributed by atoms with E-state index in [9.17, 15) is 9.18 Å². The fraction of sp³-hybridized carbons (Fsp3) is 0.188. The van der Waals surface area contributed by atoms with Gasteiger partial charge in [0.25, 0.3) is 5.56 Å². The molecule has 2 aromatic heterocycles. The van der Waals surface area contributed by atoms with Crippen LogP contribution in [0.3, 0.4) is 0 Å². The molecule has 0 unspecified atom stereocenters. The van der Waals surface area contributed by atoms with Crippen molar-refractivity contribution in [2.45, 2.75) is 20.0 Å². The molecule has 0 aliphatic rings. The summed E-state index contributed by atoms with van der Waals surface area (Å²) < 4.78 is 17.1. The molecule has 0 aliphatic heterocycles. The Morgan fingerprint density at radius 2 is 1.75 bits per heavy atom. The second-order valence-corrected chi connectivity index (χ2v) is 4.75. The van der Waals surface area contributed by atoms with Crippen LogP contribution >= 0.6 is 0 Å². The Kier molecular flexibility index (Phi) is 3.14. The van der Waals surface area contributed by atoms with E-state index in [1.165, 1.54) is 6.07 Å². The molecule has 3 rings (SSSR count). The van der Waals surface area contributed by atoms with Crippen molar-refractivity contribution in [2.24, 2.45) is 0 Å². The normalized spacial score (nSPS) is 11.1. The van der Waals surface area contributed by atoms with E-state index in [1.54, 1.807) is 29.0 Å². The zero-order valence-corrected chi connectivity index (χ0v) is 11.2. The Morgan fingerprint density at radius 1 is 1.05 bits per heavy atom. The molecule has 20 heavy (non-hydrogen) atoms. The number of halogens is 1. The van der Waals surface area contributed by atoms with Crippen LogP contribution < -0.4 is 5.56 Å². The second-order valence-electron chi connectivity index (χ2n) is 4.75. The Balaban J connectivity index is 2.11. The van der Waals surface area contributed by atoms with Crippen molar-refractivity contribution in [2.75, 3.05) is 0 Å². The average molecular weight is 270 g/mol. The van der Waals surface area contributed by atoms with Crippen LogP contribution in [0.15, 0.2) is 53.6 Å². The highest BCUT2D eigenvalue weighted by molar-refractivity contribution is 5.78. The molecule has 0 fully saturated rings. The van der Waals surface area contributed by atoms with Crippen LogP contribution in [0, 0.1) is 5.82 Å². The van der Waals surface area contributed by atoms with Crippen molar-refractivity contribution in [1.29, 1.82) is 0 Å². The van der Waals surface area contributed by atoms with E-state index >= 15 is 0 Å². The van der Waals surface area contributed by atoms with Gasteiger partial charge in [-0.25, -0.2) is 4.39 Å². The molecular formula is C16H15FN2O. The molecule has 3 nitrogen and oxygen atoms in total. The number of hydrogen-bond acceptors (Lipinski definition) is 1. The molecule has 3 aromatic rings. The van der Waals surface area contributed by atoms with Crippen LogP contribution in [0.5, 0.6) is 0 Å². The number of pyridine rings is 1. The Bertz CT molecular complexity index is 817. The first-order valence-corrected chi connectivity index (χ1v) is 6.62. The second kappa shape index (κ2) is 4.96. The molecule has 0 saturated heterocycles. The molecule has 0 saturated carbocycles. The first-order valence-electron chi connectivity index (χ1n) is 6.62. The van der Waals surface area contributed by atoms with E-state index in [2.05, 4.69) is 0 Å². The molecule has 0 bridgehead atoms. The average Bonchev–Trinajstić information content (AvgIpc) is 2.88. The van der Waals surface area contributed by atoms with Gasteiger partial charge in [-0.1, -0.05) is 18.2 Å². The van der Waals surface area contributed by atoms with Gasteiger partial charge in [-0.05, 0) is 25.1 Å². The van der Waals surface area contributed by atoms with E-state index in [-0.39, 0.29) is 17.9 Å². The van der Waals surface area contributed by atoms with Gasteiger partial charge in [0.15, 0.2) is 0 Å². The molecule has 0 N–H and O–H groups in total. The van der Waals surface area contributed by atoms with Gasteiger partial charge in [0.05, 0.1) is 6.54 Å².